The molecule has 12 aromatic rings. The highest BCUT2D eigenvalue weighted by Crippen LogP contribution is 2.43. The second-order valence-corrected chi connectivity index (χ2v) is 15.6. The summed E-state index contributed by atoms with van der Waals surface area (Å²) in [6, 6.07) is 77.4. The summed E-state index contributed by atoms with van der Waals surface area (Å²) in [7, 11) is 0. The first kappa shape index (κ1) is 34.8. The molecule has 3 heterocycles. The van der Waals surface area contributed by atoms with Crippen LogP contribution in [-0.4, -0.2) is 19.5 Å². The molecular weight excluding hydrogens is 741 g/mol. The summed E-state index contributed by atoms with van der Waals surface area (Å²) >= 11 is 0. The van der Waals surface area contributed by atoms with Crippen LogP contribution in [0.25, 0.3) is 116 Å². The van der Waals surface area contributed by atoms with E-state index in [0.717, 1.165) is 83.2 Å². The third-order valence-corrected chi connectivity index (χ3v) is 11.9. The van der Waals surface area contributed by atoms with E-state index in [1.165, 1.54) is 27.2 Å². The van der Waals surface area contributed by atoms with Crippen molar-refractivity contribution in [2.75, 3.05) is 0 Å². The lowest BCUT2D eigenvalue weighted by Gasteiger charge is -2.14. The fourth-order valence-electron chi connectivity index (χ4n) is 9.05. The van der Waals surface area contributed by atoms with Crippen LogP contribution >= 0.6 is 0 Å². The molecule has 0 atom stereocenters. The van der Waals surface area contributed by atoms with Gasteiger partial charge in [0.15, 0.2) is 5.82 Å². The van der Waals surface area contributed by atoms with Crippen LogP contribution in [0.1, 0.15) is 0 Å². The van der Waals surface area contributed by atoms with E-state index in [1.807, 2.05) is 12.1 Å². The Morgan fingerprint density at radius 1 is 0.328 bits per heavy atom. The summed E-state index contributed by atoms with van der Waals surface area (Å²) in [5.41, 5.74) is 13.7. The highest BCUT2D eigenvalue weighted by atomic mass is 15.0. The summed E-state index contributed by atoms with van der Waals surface area (Å²) in [5, 5.41) is 8.19. The average Bonchev–Trinajstić information content (AvgIpc) is 3.67. The van der Waals surface area contributed by atoms with E-state index in [2.05, 4.69) is 211 Å². The molecular formula is C57H36N4. The van der Waals surface area contributed by atoms with Gasteiger partial charge in [-0.2, -0.15) is 0 Å². The second-order valence-electron chi connectivity index (χ2n) is 15.6. The monoisotopic (exact) mass is 776 g/mol. The Balaban J connectivity index is 1.05. The largest absolute Gasteiger partial charge is 0.309 e. The maximum absolute atomic E-state index is 5.28. The van der Waals surface area contributed by atoms with Crippen molar-refractivity contribution in [2.45, 2.75) is 0 Å². The van der Waals surface area contributed by atoms with E-state index in [9.17, 15) is 0 Å². The molecule has 0 saturated carbocycles. The second kappa shape index (κ2) is 14.3. The molecule has 3 aromatic heterocycles. The third kappa shape index (κ3) is 5.96. The summed E-state index contributed by atoms with van der Waals surface area (Å²) in [6.45, 7) is 0. The molecule has 12 rings (SSSR count). The minimum absolute atomic E-state index is 0.703. The number of pyridine rings is 1. The van der Waals surface area contributed by atoms with Gasteiger partial charge < -0.3 is 4.57 Å². The molecule has 0 N–H and O–H groups in total. The Hall–Kier alpha value is -8.21. The van der Waals surface area contributed by atoms with Crippen molar-refractivity contribution in [3.05, 3.63) is 218 Å². The van der Waals surface area contributed by atoms with E-state index in [0.29, 0.717) is 5.82 Å². The number of aromatic nitrogens is 4. The van der Waals surface area contributed by atoms with Crippen LogP contribution in [0.5, 0.6) is 0 Å². The first-order valence-corrected chi connectivity index (χ1v) is 20.7. The Morgan fingerprint density at radius 3 is 1.59 bits per heavy atom. The number of hydrogen-bond donors (Lipinski definition) is 0. The topological polar surface area (TPSA) is 43.6 Å². The molecule has 0 spiro atoms. The van der Waals surface area contributed by atoms with Gasteiger partial charge in [0.05, 0.1) is 33.6 Å². The van der Waals surface area contributed by atoms with Gasteiger partial charge in [-0.3, -0.25) is 0 Å². The highest BCUT2D eigenvalue weighted by molar-refractivity contribution is 6.22. The number of fused-ring (bicyclic) bond motifs is 7. The van der Waals surface area contributed by atoms with Gasteiger partial charge in [0, 0.05) is 55.0 Å². The van der Waals surface area contributed by atoms with Crippen LogP contribution in [-0.2, 0) is 0 Å². The zero-order valence-electron chi connectivity index (χ0n) is 33.1. The molecule has 4 nitrogen and oxygen atoms in total. The normalized spacial score (nSPS) is 11.6. The van der Waals surface area contributed by atoms with E-state index in [4.69, 9.17) is 15.0 Å². The van der Waals surface area contributed by atoms with E-state index in [1.54, 1.807) is 0 Å². The molecule has 0 radical (unpaired) electrons. The zero-order chi connectivity index (χ0) is 40.3. The molecule has 0 aliphatic rings. The van der Waals surface area contributed by atoms with Crippen LogP contribution in [0.15, 0.2) is 218 Å². The quantitative estimate of drug-likeness (QED) is 0.158. The van der Waals surface area contributed by atoms with Gasteiger partial charge in [0.25, 0.3) is 0 Å². The first-order chi connectivity index (χ1) is 30.2. The Labute approximate surface area is 352 Å². The number of hydrogen-bond acceptors (Lipinski definition) is 3. The number of rotatable bonds is 6. The van der Waals surface area contributed by atoms with Gasteiger partial charge in [0.2, 0.25) is 0 Å². The lowest BCUT2D eigenvalue weighted by molar-refractivity contribution is 1.18. The molecule has 0 aliphatic carbocycles. The fraction of sp³-hybridized carbons (Fsp3) is 0. The highest BCUT2D eigenvalue weighted by Gasteiger charge is 2.20. The van der Waals surface area contributed by atoms with Crippen LogP contribution < -0.4 is 0 Å². The van der Waals surface area contributed by atoms with Crippen LogP contribution in [0.3, 0.4) is 0 Å². The lowest BCUT2D eigenvalue weighted by Crippen LogP contribution is -1.96. The van der Waals surface area contributed by atoms with Gasteiger partial charge in [-0.15, -0.1) is 0 Å². The Kier molecular flexibility index (Phi) is 8.13. The fourth-order valence-corrected chi connectivity index (χ4v) is 9.05. The maximum Gasteiger partial charge on any atom is 0.160 e. The van der Waals surface area contributed by atoms with Crippen molar-refractivity contribution in [2.24, 2.45) is 0 Å². The van der Waals surface area contributed by atoms with Crippen molar-refractivity contribution in [3.63, 3.8) is 0 Å². The zero-order valence-corrected chi connectivity index (χ0v) is 33.1. The third-order valence-electron chi connectivity index (χ3n) is 11.9. The smallest absolute Gasteiger partial charge is 0.160 e. The van der Waals surface area contributed by atoms with Crippen molar-refractivity contribution < 1.29 is 0 Å². The minimum atomic E-state index is 0.703. The predicted molar refractivity (Wildman–Crippen MR) is 254 cm³/mol. The molecule has 0 fully saturated rings. The SMILES string of the molecule is c1ccc(-c2cc(-c3ccccc3)nc(-c3ccc4cc(-c5cccc6c7cc8c(cc7n(-c7ccccc7)c56)c(-c5ccccc5)nc5ccccc58)ccc4c3)n2)cc1. The van der Waals surface area contributed by atoms with E-state index < -0.39 is 0 Å². The van der Waals surface area contributed by atoms with Crippen molar-refractivity contribution in [1.29, 1.82) is 0 Å². The van der Waals surface area contributed by atoms with Gasteiger partial charge in [-0.1, -0.05) is 170 Å². The van der Waals surface area contributed by atoms with Gasteiger partial charge in [-0.25, -0.2) is 15.0 Å². The van der Waals surface area contributed by atoms with E-state index >= 15 is 0 Å². The summed E-state index contributed by atoms with van der Waals surface area (Å²) in [5.74, 6) is 0.703. The summed E-state index contributed by atoms with van der Waals surface area (Å²) in [6.07, 6.45) is 0. The van der Waals surface area contributed by atoms with Gasteiger partial charge in [0.1, 0.15) is 0 Å². The van der Waals surface area contributed by atoms with Crippen molar-refractivity contribution in [1.82, 2.24) is 19.5 Å². The van der Waals surface area contributed by atoms with E-state index in [-0.39, 0.29) is 0 Å². The first-order valence-electron chi connectivity index (χ1n) is 20.7. The molecule has 0 aliphatic heterocycles. The predicted octanol–water partition coefficient (Wildman–Crippen LogP) is 14.8. The molecule has 4 heteroatoms. The number of para-hydroxylation sites is 3. The molecule has 0 saturated heterocycles. The standard InChI is InChI=1S/C57H36N4/c1-5-16-37(17-6-1)52-36-53(38-18-7-2-8-19-38)60-57(59-52)43-31-29-40-32-42(30-28-41(40)33-43)45-25-15-26-47-49-34-48-46-24-13-14-27-51(46)58-55(39-20-9-3-10-21-39)50(48)35-54(49)61(56(45)47)44-22-11-4-12-23-44/h1-36H. The van der Waals surface area contributed by atoms with Crippen LogP contribution in [0, 0.1) is 0 Å². The molecule has 61 heavy (non-hydrogen) atoms. The summed E-state index contributed by atoms with van der Waals surface area (Å²) < 4.78 is 2.44. The van der Waals surface area contributed by atoms with Crippen molar-refractivity contribution in [3.8, 4) is 62.0 Å². The van der Waals surface area contributed by atoms with Crippen LogP contribution in [0.2, 0.25) is 0 Å². The van der Waals surface area contributed by atoms with Crippen molar-refractivity contribution >= 4 is 54.3 Å². The molecule has 0 unspecified atom stereocenters. The Morgan fingerprint density at radius 2 is 0.902 bits per heavy atom. The van der Waals surface area contributed by atoms with Gasteiger partial charge >= 0.3 is 0 Å². The molecule has 0 bridgehead atoms. The Bertz CT molecular complexity index is 3560. The maximum atomic E-state index is 5.28. The number of nitrogens with zero attached hydrogens (tertiary/aromatic N) is 4. The van der Waals surface area contributed by atoms with Gasteiger partial charge in [-0.05, 0) is 70.3 Å². The van der Waals surface area contributed by atoms with Crippen LogP contribution in [0.4, 0.5) is 0 Å². The summed E-state index contributed by atoms with van der Waals surface area (Å²) in [4.78, 5) is 15.5. The average molecular weight is 777 g/mol. The molecule has 0 amide bonds. The molecule has 9 aromatic carbocycles. The number of benzene rings is 9. The molecule has 284 valence electrons. The minimum Gasteiger partial charge on any atom is -0.309 e. The lowest BCUT2D eigenvalue weighted by atomic mass is 9.96.